The summed E-state index contributed by atoms with van der Waals surface area (Å²) in [5.41, 5.74) is 6.54. The van der Waals surface area contributed by atoms with Crippen molar-refractivity contribution in [3.63, 3.8) is 0 Å². The molecule has 3 N–H and O–H groups in total. The van der Waals surface area contributed by atoms with Crippen LogP contribution in [-0.4, -0.2) is 18.8 Å². The molecular weight excluding hydrogens is 166 g/mol. The molecule has 0 amide bonds. The molecule has 0 saturated heterocycles. The summed E-state index contributed by atoms with van der Waals surface area (Å²) in [6, 6.07) is 5.36. The van der Waals surface area contributed by atoms with Gasteiger partial charge in [-0.05, 0) is 37.1 Å². The van der Waals surface area contributed by atoms with Gasteiger partial charge < -0.3 is 15.6 Å². The maximum absolute atomic E-state index is 9.31. The molecule has 0 radical (unpaired) electrons. The molecule has 0 heterocycles. The third-order valence-corrected chi connectivity index (χ3v) is 1.91. The fourth-order valence-electron chi connectivity index (χ4n) is 1.18. The second-order valence-electron chi connectivity index (χ2n) is 2.90. The van der Waals surface area contributed by atoms with Gasteiger partial charge in [-0.1, -0.05) is 6.07 Å². The molecule has 0 atom stereocenters. The molecule has 3 heteroatoms. The number of phenols is 1. The molecule has 0 aromatic heterocycles. The molecule has 0 fully saturated rings. The van der Waals surface area contributed by atoms with Crippen molar-refractivity contribution < 1.29 is 9.84 Å². The molecule has 1 aromatic carbocycles. The summed E-state index contributed by atoms with van der Waals surface area (Å²) in [7, 11) is 1.54. The highest BCUT2D eigenvalue weighted by molar-refractivity contribution is 5.41. The van der Waals surface area contributed by atoms with E-state index in [1.165, 1.54) is 0 Å². The zero-order valence-corrected chi connectivity index (χ0v) is 7.79. The Balaban J connectivity index is 2.74. The number of hydrogen-bond donors (Lipinski definition) is 2. The van der Waals surface area contributed by atoms with Crippen molar-refractivity contribution in [1.29, 1.82) is 0 Å². The van der Waals surface area contributed by atoms with Crippen molar-refractivity contribution >= 4 is 0 Å². The van der Waals surface area contributed by atoms with Crippen LogP contribution in [0.2, 0.25) is 0 Å². The number of methoxy groups -OCH3 is 1. The minimum Gasteiger partial charge on any atom is -0.504 e. The Morgan fingerprint density at radius 1 is 1.46 bits per heavy atom. The second kappa shape index (κ2) is 4.72. The Bertz CT molecular complexity index is 274. The summed E-state index contributed by atoms with van der Waals surface area (Å²) in [6.07, 6.45) is 1.88. The van der Waals surface area contributed by atoms with E-state index >= 15 is 0 Å². The monoisotopic (exact) mass is 181 g/mol. The second-order valence-corrected chi connectivity index (χ2v) is 2.90. The summed E-state index contributed by atoms with van der Waals surface area (Å²) in [5, 5.41) is 9.31. The molecule has 1 aromatic rings. The Morgan fingerprint density at radius 2 is 2.23 bits per heavy atom. The molecule has 72 valence electrons. The highest BCUT2D eigenvalue weighted by atomic mass is 16.5. The zero-order chi connectivity index (χ0) is 9.68. The van der Waals surface area contributed by atoms with Crippen molar-refractivity contribution in [3.8, 4) is 11.5 Å². The number of benzene rings is 1. The third-order valence-electron chi connectivity index (χ3n) is 1.91. The Hall–Kier alpha value is -1.22. The minimum atomic E-state index is 0.180. The first-order valence-corrected chi connectivity index (χ1v) is 4.34. The van der Waals surface area contributed by atoms with Crippen molar-refractivity contribution in [3.05, 3.63) is 23.8 Å². The fraction of sp³-hybridized carbons (Fsp3) is 0.400. The Kier molecular flexibility index (Phi) is 3.58. The molecule has 1 rings (SSSR count). The summed E-state index contributed by atoms with van der Waals surface area (Å²) >= 11 is 0. The van der Waals surface area contributed by atoms with E-state index in [0.717, 1.165) is 18.4 Å². The first-order chi connectivity index (χ1) is 6.27. The van der Waals surface area contributed by atoms with E-state index < -0.39 is 0 Å². The lowest BCUT2D eigenvalue weighted by atomic mass is 10.1. The Morgan fingerprint density at radius 3 is 2.85 bits per heavy atom. The van der Waals surface area contributed by atoms with Crippen molar-refractivity contribution in [2.24, 2.45) is 5.73 Å². The van der Waals surface area contributed by atoms with Crippen LogP contribution in [0.1, 0.15) is 12.0 Å². The summed E-state index contributed by atoms with van der Waals surface area (Å²) in [6.45, 7) is 0.684. The predicted molar refractivity (Wildman–Crippen MR) is 52.0 cm³/mol. The van der Waals surface area contributed by atoms with Gasteiger partial charge in [-0.15, -0.1) is 0 Å². The topological polar surface area (TPSA) is 55.5 Å². The van der Waals surface area contributed by atoms with Crippen LogP contribution >= 0.6 is 0 Å². The van der Waals surface area contributed by atoms with Crippen LogP contribution in [0.25, 0.3) is 0 Å². The maximum atomic E-state index is 9.31. The number of hydrogen-bond acceptors (Lipinski definition) is 3. The van der Waals surface area contributed by atoms with Crippen LogP contribution in [0.3, 0.4) is 0 Å². The number of aromatic hydroxyl groups is 1. The molecular formula is C10H15NO2. The minimum absolute atomic E-state index is 0.180. The van der Waals surface area contributed by atoms with Crippen LogP contribution in [0.5, 0.6) is 11.5 Å². The quantitative estimate of drug-likeness (QED) is 0.736. The molecule has 0 saturated carbocycles. The van der Waals surface area contributed by atoms with Crippen molar-refractivity contribution in [2.45, 2.75) is 12.8 Å². The molecule has 0 aliphatic heterocycles. The largest absolute Gasteiger partial charge is 0.504 e. The molecule has 13 heavy (non-hydrogen) atoms. The Labute approximate surface area is 78.1 Å². The average molecular weight is 181 g/mol. The SMILES string of the molecule is COc1cc(CCCN)ccc1O. The number of ether oxygens (including phenoxy) is 1. The van der Waals surface area contributed by atoms with E-state index in [9.17, 15) is 5.11 Å². The van der Waals surface area contributed by atoms with E-state index in [0.29, 0.717) is 12.3 Å². The van der Waals surface area contributed by atoms with Crippen molar-refractivity contribution in [1.82, 2.24) is 0 Å². The molecule has 0 unspecified atom stereocenters. The molecule has 0 spiro atoms. The van der Waals surface area contributed by atoms with Gasteiger partial charge in [0, 0.05) is 0 Å². The molecule has 3 nitrogen and oxygen atoms in total. The highest BCUT2D eigenvalue weighted by Gasteiger charge is 2.01. The van der Waals surface area contributed by atoms with Gasteiger partial charge in [-0.25, -0.2) is 0 Å². The fourth-order valence-corrected chi connectivity index (χ4v) is 1.18. The molecule has 0 aliphatic rings. The van der Waals surface area contributed by atoms with Crippen LogP contribution in [0.4, 0.5) is 0 Å². The van der Waals surface area contributed by atoms with Crippen molar-refractivity contribution in [2.75, 3.05) is 13.7 Å². The van der Waals surface area contributed by atoms with Gasteiger partial charge in [0.1, 0.15) is 0 Å². The average Bonchev–Trinajstić information content (AvgIpc) is 2.16. The molecule has 0 bridgehead atoms. The molecule has 0 aliphatic carbocycles. The van der Waals surface area contributed by atoms with Gasteiger partial charge in [-0.3, -0.25) is 0 Å². The van der Waals surface area contributed by atoms with Crippen LogP contribution in [0, 0.1) is 0 Å². The first-order valence-electron chi connectivity index (χ1n) is 4.34. The predicted octanol–water partition coefficient (Wildman–Crippen LogP) is 1.29. The van der Waals surface area contributed by atoms with E-state index in [1.54, 1.807) is 13.2 Å². The number of phenolic OH excluding ortho intramolecular Hbond substituents is 1. The summed E-state index contributed by atoms with van der Waals surface area (Å²) in [4.78, 5) is 0. The van der Waals surface area contributed by atoms with Gasteiger partial charge in [-0.2, -0.15) is 0 Å². The van der Waals surface area contributed by atoms with Gasteiger partial charge in [0.15, 0.2) is 11.5 Å². The van der Waals surface area contributed by atoms with Gasteiger partial charge in [0.05, 0.1) is 7.11 Å². The van der Waals surface area contributed by atoms with Crippen LogP contribution in [-0.2, 0) is 6.42 Å². The van der Waals surface area contributed by atoms with Crippen LogP contribution in [0.15, 0.2) is 18.2 Å². The summed E-state index contributed by atoms with van der Waals surface area (Å²) < 4.78 is 4.98. The van der Waals surface area contributed by atoms with Gasteiger partial charge in [0.2, 0.25) is 0 Å². The number of aryl methyl sites for hydroxylation is 1. The lowest BCUT2D eigenvalue weighted by Crippen LogP contribution is -2.00. The number of rotatable bonds is 4. The standard InChI is InChI=1S/C10H15NO2/c1-13-10-7-8(3-2-6-11)4-5-9(10)12/h4-5,7,12H,2-3,6,11H2,1H3. The van der Waals surface area contributed by atoms with E-state index in [2.05, 4.69) is 0 Å². The third kappa shape index (κ3) is 2.63. The maximum Gasteiger partial charge on any atom is 0.160 e. The lowest BCUT2D eigenvalue weighted by molar-refractivity contribution is 0.373. The smallest absolute Gasteiger partial charge is 0.160 e. The first kappa shape index (κ1) is 9.86. The van der Waals surface area contributed by atoms with E-state index in [-0.39, 0.29) is 5.75 Å². The highest BCUT2D eigenvalue weighted by Crippen LogP contribution is 2.26. The van der Waals surface area contributed by atoms with Gasteiger partial charge in [0.25, 0.3) is 0 Å². The normalized spacial score (nSPS) is 10.0. The van der Waals surface area contributed by atoms with Gasteiger partial charge >= 0.3 is 0 Å². The van der Waals surface area contributed by atoms with E-state index in [4.69, 9.17) is 10.5 Å². The van der Waals surface area contributed by atoms with Crippen LogP contribution < -0.4 is 10.5 Å². The van der Waals surface area contributed by atoms with E-state index in [1.807, 2.05) is 12.1 Å². The summed E-state index contributed by atoms with van der Waals surface area (Å²) in [5.74, 6) is 0.702. The number of nitrogens with two attached hydrogens (primary N) is 1. The zero-order valence-electron chi connectivity index (χ0n) is 7.79. The lowest BCUT2D eigenvalue weighted by Gasteiger charge is -2.05.